The van der Waals surface area contributed by atoms with Crippen LogP contribution < -0.4 is 5.46 Å². The summed E-state index contributed by atoms with van der Waals surface area (Å²) in [6.45, 7) is 15.7. The maximum atomic E-state index is 11.5. The largest absolute Gasteiger partial charge is 0.495 e. The van der Waals surface area contributed by atoms with Crippen LogP contribution >= 0.6 is 47.8 Å². The second kappa shape index (κ2) is 15.4. The maximum Gasteiger partial charge on any atom is 0.495 e. The third kappa shape index (κ3) is 8.57. The molecule has 0 aliphatic carbocycles. The minimum Gasteiger partial charge on any atom is -0.463 e. The molecule has 0 spiro atoms. The van der Waals surface area contributed by atoms with Gasteiger partial charge < -0.3 is 27.6 Å². The number of ether oxygens (including phenoxy) is 2. The zero-order chi connectivity index (χ0) is 34.6. The lowest BCUT2D eigenvalue weighted by Gasteiger charge is -2.32. The Labute approximate surface area is 294 Å². The van der Waals surface area contributed by atoms with Gasteiger partial charge >= 0.3 is 19.1 Å². The summed E-state index contributed by atoms with van der Waals surface area (Å²) in [7, 11) is 2.32. The summed E-state index contributed by atoms with van der Waals surface area (Å²) in [6, 6.07) is 11.8. The van der Waals surface area contributed by atoms with E-state index >= 15 is 0 Å². The molecule has 246 valence electrons. The van der Waals surface area contributed by atoms with Crippen LogP contribution in [0.5, 0.6) is 0 Å². The van der Waals surface area contributed by atoms with Gasteiger partial charge in [0.05, 0.1) is 36.8 Å². The Morgan fingerprint density at radius 1 is 0.717 bits per heavy atom. The van der Waals surface area contributed by atoms with Crippen LogP contribution in [0.1, 0.15) is 71.3 Å². The molecule has 0 unspecified atom stereocenters. The molecule has 1 aliphatic heterocycles. The van der Waals surface area contributed by atoms with Gasteiger partial charge in [-0.2, -0.15) is 0 Å². The van der Waals surface area contributed by atoms with Gasteiger partial charge in [0.15, 0.2) is 0 Å². The minimum atomic E-state index is -0.515. The number of halogens is 3. The van der Waals surface area contributed by atoms with Gasteiger partial charge in [0.1, 0.15) is 0 Å². The first-order valence-electron chi connectivity index (χ1n) is 14.1. The van der Waals surface area contributed by atoms with E-state index in [4.69, 9.17) is 18.1 Å². The van der Waals surface area contributed by atoms with E-state index in [9.17, 15) is 9.59 Å². The summed E-state index contributed by atoms with van der Waals surface area (Å²) in [5.74, 6) is -0.322. The molecule has 0 bridgehead atoms. The number of carbonyl (C=O) groups is 2. The van der Waals surface area contributed by atoms with Crippen molar-refractivity contribution in [1.29, 1.82) is 0 Å². The molecule has 2 aromatic carbocycles. The Morgan fingerprint density at radius 2 is 1.20 bits per heavy atom. The van der Waals surface area contributed by atoms with E-state index in [2.05, 4.69) is 108 Å². The maximum absolute atomic E-state index is 11.5. The van der Waals surface area contributed by atoms with Crippen LogP contribution in [0.25, 0.3) is 11.5 Å². The number of esters is 2. The zero-order valence-corrected chi connectivity index (χ0v) is 32.1. The summed E-state index contributed by atoms with van der Waals surface area (Å²) in [6.07, 6.45) is 0. The number of aromatic nitrogens is 2. The quantitative estimate of drug-likeness (QED) is 0.147. The highest BCUT2D eigenvalue weighted by Gasteiger charge is 2.52. The summed E-state index contributed by atoms with van der Waals surface area (Å²) in [5.41, 5.74) is 4.60. The summed E-state index contributed by atoms with van der Waals surface area (Å²) < 4.78 is 33.6. The standard InChI is InChI=1S/C13H18BBrO2.C13H12BrNO3.C6H6BrNO3/c1-9-10(7-6-8-11(9)15)14-16-12(2,3)13(4,5)17-14;1-7-9(5-4-6-10(7)14)12-15-8(2)11(18-12)13(16)17-3;1-3-4(5(9)10-2)11-6(7)8-3/h6-8H,1-5H3;4-6H,1-3H3;1-2H3. The van der Waals surface area contributed by atoms with Crippen molar-refractivity contribution in [2.75, 3.05) is 14.2 Å². The minimum absolute atomic E-state index is 0.138. The van der Waals surface area contributed by atoms with E-state index in [1.54, 1.807) is 13.8 Å². The topological polar surface area (TPSA) is 123 Å². The molecule has 1 fully saturated rings. The molecule has 0 radical (unpaired) electrons. The van der Waals surface area contributed by atoms with Crippen LogP contribution in [0.2, 0.25) is 0 Å². The molecule has 14 heteroatoms. The van der Waals surface area contributed by atoms with E-state index in [-0.39, 0.29) is 34.6 Å². The number of hydrogen-bond acceptors (Lipinski definition) is 10. The van der Waals surface area contributed by atoms with Crippen LogP contribution in [0, 0.1) is 27.7 Å². The Hall–Kier alpha value is -2.78. The molecule has 0 amide bonds. The Balaban J connectivity index is 0.000000194. The fourth-order valence-corrected chi connectivity index (χ4v) is 5.30. The van der Waals surface area contributed by atoms with Crippen LogP contribution in [-0.4, -0.2) is 54.4 Å². The van der Waals surface area contributed by atoms with Crippen LogP contribution in [-0.2, 0) is 18.8 Å². The van der Waals surface area contributed by atoms with E-state index in [1.807, 2.05) is 37.3 Å². The third-order valence-electron chi connectivity index (χ3n) is 7.62. The molecule has 3 heterocycles. The third-order valence-corrected chi connectivity index (χ3v) is 9.68. The average molecular weight is 827 g/mol. The predicted octanol–water partition coefficient (Wildman–Crippen LogP) is 8.10. The molecule has 0 saturated carbocycles. The summed E-state index contributed by atoms with van der Waals surface area (Å²) in [5, 5.41) is 0. The van der Waals surface area contributed by atoms with Gasteiger partial charge in [-0.1, -0.05) is 50.1 Å². The summed E-state index contributed by atoms with van der Waals surface area (Å²) >= 11 is 9.98. The number of oxazole rings is 2. The van der Waals surface area contributed by atoms with E-state index < -0.39 is 11.9 Å². The molecule has 5 rings (SSSR count). The Kier molecular flexibility index (Phi) is 12.6. The lowest BCUT2D eigenvalue weighted by Crippen LogP contribution is -2.41. The first-order valence-corrected chi connectivity index (χ1v) is 16.4. The molecular weight excluding hydrogens is 791 g/mol. The highest BCUT2D eigenvalue weighted by Crippen LogP contribution is 2.37. The SMILES string of the molecule is COC(=O)c1oc(-c2cccc(Br)c2C)nc1C.COC(=O)c1oc(Br)nc1C.Cc1c(Br)cccc1B1OC(C)(C)C(C)(C)O1. The number of hydrogen-bond donors (Lipinski definition) is 0. The normalized spacial score (nSPS) is 14.5. The number of methoxy groups -OCH3 is 2. The van der Waals surface area contributed by atoms with Crippen LogP contribution in [0.4, 0.5) is 0 Å². The van der Waals surface area contributed by atoms with Crippen molar-refractivity contribution >= 4 is 72.3 Å². The van der Waals surface area contributed by atoms with E-state index in [0.717, 1.165) is 25.5 Å². The average Bonchev–Trinajstić information content (AvgIpc) is 3.62. The first-order chi connectivity index (χ1) is 21.4. The second-order valence-electron chi connectivity index (χ2n) is 11.3. The smallest absolute Gasteiger partial charge is 0.463 e. The molecule has 10 nitrogen and oxygen atoms in total. The van der Waals surface area contributed by atoms with Crippen molar-refractivity contribution in [2.24, 2.45) is 0 Å². The van der Waals surface area contributed by atoms with Crippen LogP contribution in [0.15, 0.2) is 59.0 Å². The molecular formula is C32H36BBr3N2O8. The van der Waals surface area contributed by atoms with Crippen molar-refractivity contribution in [3.63, 3.8) is 0 Å². The van der Waals surface area contributed by atoms with Crippen LogP contribution in [0.3, 0.4) is 0 Å². The molecule has 4 aromatic rings. The predicted molar refractivity (Wildman–Crippen MR) is 185 cm³/mol. The summed E-state index contributed by atoms with van der Waals surface area (Å²) in [4.78, 5) is 30.7. The van der Waals surface area contributed by atoms with Gasteiger partial charge in [0.25, 0.3) is 4.80 Å². The van der Waals surface area contributed by atoms with Gasteiger partial charge in [-0.25, -0.2) is 19.6 Å². The fourth-order valence-electron chi connectivity index (χ4n) is 4.13. The van der Waals surface area contributed by atoms with E-state index in [1.165, 1.54) is 19.8 Å². The molecule has 0 N–H and O–H groups in total. The highest BCUT2D eigenvalue weighted by atomic mass is 79.9. The Bertz CT molecular complexity index is 1700. The molecule has 0 atom stereocenters. The van der Waals surface area contributed by atoms with Crippen molar-refractivity contribution in [2.45, 2.75) is 66.6 Å². The van der Waals surface area contributed by atoms with Crippen molar-refractivity contribution < 1.29 is 37.2 Å². The van der Waals surface area contributed by atoms with Gasteiger partial charge in [-0.15, -0.1) is 0 Å². The monoisotopic (exact) mass is 824 g/mol. The lowest BCUT2D eigenvalue weighted by molar-refractivity contribution is 0.00578. The molecule has 1 aliphatic rings. The van der Waals surface area contributed by atoms with Gasteiger partial charge in [-0.3, -0.25) is 0 Å². The second-order valence-corrected chi connectivity index (χ2v) is 13.6. The van der Waals surface area contributed by atoms with Crippen molar-refractivity contribution in [3.8, 4) is 11.5 Å². The Morgan fingerprint density at radius 3 is 1.70 bits per heavy atom. The fraction of sp³-hybridized carbons (Fsp3) is 0.375. The van der Waals surface area contributed by atoms with Crippen molar-refractivity contribution in [1.82, 2.24) is 9.97 Å². The number of aryl methyl sites for hydroxylation is 2. The van der Waals surface area contributed by atoms with Crippen molar-refractivity contribution in [3.05, 3.63) is 84.2 Å². The molecule has 2 aromatic heterocycles. The number of rotatable bonds is 4. The molecule has 46 heavy (non-hydrogen) atoms. The van der Waals surface area contributed by atoms with Gasteiger partial charge in [0.2, 0.25) is 17.4 Å². The number of carbonyl (C=O) groups excluding carboxylic acids is 2. The molecule has 1 saturated heterocycles. The van der Waals surface area contributed by atoms with Gasteiger partial charge in [0, 0.05) is 30.4 Å². The number of nitrogens with zero attached hydrogens (tertiary/aromatic N) is 2. The number of benzene rings is 2. The first kappa shape index (κ1) is 37.7. The zero-order valence-electron chi connectivity index (χ0n) is 27.3. The lowest BCUT2D eigenvalue weighted by atomic mass is 9.76. The van der Waals surface area contributed by atoms with Gasteiger partial charge in [-0.05, 0) is 90.2 Å². The van der Waals surface area contributed by atoms with E-state index in [0.29, 0.717) is 17.3 Å². The highest BCUT2D eigenvalue weighted by molar-refractivity contribution is 9.11.